The minimum atomic E-state index is -1.23. The minimum absolute atomic E-state index is 0.0607. The number of thioether (sulfide) groups is 2. The number of carbonyl (C=O) groups is 4. The van der Waals surface area contributed by atoms with Gasteiger partial charge in [-0.3, -0.25) is 19.3 Å². The minimum Gasteiger partial charge on any atom is -0.504 e. The van der Waals surface area contributed by atoms with Crippen LogP contribution in [0, 0.1) is 12.8 Å². The lowest BCUT2D eigenvalue weighted by molar-refractivity contribution is -0.150. The Morgan fingerprint density at radius 1 is 1.16 bits per heavy atom. The molecule has 2 atom stereocenters. The Bertz CT molecular complexity index is 1880. The lowest BCUT2D eigenvalue weighted by Crippen LogP contribution is -2.70. The molecule has 0 radical (unpaired) electrons. The summed E-state index contributed by atoms with van der Waals surface area (Å²) in [4.78, 5) is 61.4. The normalized spacial score (nSPS) is 22.3. The SMILES string of the molecule is Cc1cc(SCC(=O)N[C@@H]2C(=O)N3C(C(=O)O)=C(C(=C4CCNC4=O)C4CC4)CS[C@H]23)n2nc(-c3ccc(O)c(O)c3)nc2n1. The maximum atomic E-state index is 13.3. The number of aryl methyl sites for hydroxylation is 1. The number of phenolic OH excluding ortho intramolecular Hbond substituents is 2. The molecule has 1 aliphatic carbocycles. The highest BCUT2D eigenvalue weighted by molar-refractivity contribution is 8.00. The first-order valence-electron chi connectivity index (χ1n) is 14.2. The second kappa shape index (κ2) is 11.1. The lowest BCUT2D eigenvalue weighted by Gasteiger charge is -2.49. The Balaban J connectivity index is 1.07. The van der Waals surface area contributed by atoms with E-state index in [2.05, 4.69) is 25.7 Å². The highest BCUT2D eigenvalue weighted by atomic mass is 32.2. The smallest absolute Gasteiger partial charge is 0.352 e. The molecule has 232 valence electrons. The third-order valence-corrected chi connectivity index (χ3v) is 10.3. The van der Waals surface area contributed by atoms with Crippen molar-refractivity contribution in [3.05, 3.63) is 52.4 Å². The van der Waals surface area contributed by atoms with E-state index in [0.29, 0.717) is 46.1 Å². The van der Waals surface area contributed by atoms with Crippen LogP contribution >= 0.6 is 23.5 Å². The maximum Gasteiger partial charge on any atom is 0.352 e. The fourth-order valence-electron chi connectivity index (χ4n) is 5.85. The summed E-state index contributed by atoms with van der Waals surface area (Å²) in [5.74, 6) is -1.99. The number of β-lactam (4-membered cyclic amide) rings is 1. The first-order chi connectivity index (χ1) is 21.6. The van der Waals surface area contributed by atoms with E-state index in [0.717, 1.165) is 18.4 Å². The highest BCUT2D eigenvalue weighted by Gasteiger charge is 2.55. The molecule has 7 rings (SSSR count). The van der Waals surface area contributed by atoms with Crippen LogP contribution in [-0.2, 0) is 19.2 Å². The summed E-state index contributed by atoms with van der Waals surface area (Å²) >= 11 is 2.55. The molecule has 5 heterocycles. The molecule has 3 amide bonds. The van der Waals surface area contributed by atoms with Crippen LogP contribution in [0.25, 0.3) is 17.2 Å². The maximum absolute atomic E-state index is 13.3. The van der Waals surface area contributed by atoms with Crippen LogP contribution in [0.2, 0.25) is 0 Å². The van der Waals surface area contributed by atoms with E-state index < -0.39 is 29.2 Å². The molecule has 3 aromatic rings. The van der Waals surface area contributed by atoms with Crippen molar-refractivity contribution in [3.63, 3.8) is 0 Å². The van der Waals surface area contributed by atoms with Crippen LogP contribution in [0.5, 0.6) is 11.5 Å². The lowest BCUT2D eigenvalue weighted by atomic mass is 9.91. The van der Waals surface area contributed by atoms with Crippen molar-refractivity contribution >= 4 is 53.0 Å². The fourth-order valence-corrected chi connectivity index (χ4v) is 8.07. The van der Waals surface area contributed by atoms with Gasteiger partial charge < -0.3 is 26.0 Å². The Morgan fingerprint density at radius 3 is 2.64 bits per heavy atom. The number of aromatic nitrogens is 4. The Hall–Kier alpha value is -4.57. The third-order valence-electron chi connectivity index (χ3n) is 8.05. The van der Waals surface area contributed by atoms with Gasteiger partial charge in [-0.2, -0.15) is 9.50 Å². The molecule has 14 nitrogen and oxygen atoms in total. The van der Waals surface area contributed by atoms with E-state index in [1.165, 1.54) is 45.1 Å². The second-order valence-electron chi connectivity index (χ2n) is 11.1. The van der Waals surface area contributed by atoms with Gasteiger partial charge in [0.25, 0.3) is 11.7 Å². The summed E-state index contributed by atoms with van der Waals surface area (Å²) in [7, 11) is 0. The molecule has 0 unspecified atom stereocenters. The van der Waals surface area contributed by atoms with Crippen LogP contribution in [0.3, 0.4) is 0 Å². The number of aliphatic carboxylic acids is 1. The van der Waals surface area contributed by atoms with Gasteiger partial charge in [0.05, 0.1) is 5.75 Å². The van der Waals surface area contributed by atoms with Crippen molar-refractivity contribution < 1.29 is 34.5 Å². The third kappa shape index (κ3) is 5.16. The summed E-state index contributed by atoms with van der Waals surface area (Å²) in [5, 5.41) is 39.7. The van der Waals surface area contributed by atoms with Gasteiger partial charge >= 0.3 is 5.97 Å². The Labute approximate surface area is 264 Å². The average Bonchev–Trinajstić information content (AvgIpc) is 3.61. The highest BCUT2D eigenvalue weighted by Crippen LogP contribution is 2.49. The van der Waals surface area contributed by atoms with Crippen LogP contribution in [-0.4, -0.2) is 93.0 Å². The zero-order chi connectivity index (χ0) is 31.6. The van der Waals surface area contributed by atoms with Gasteiger partial charge in [0.1, 0.15) is 22.1 Å². The predicted octanol–water partition coefficient (Wildman–Crippen LogP) is 1.57. The van der Waals surface area contributed by atoms with Gasteiger partial charge in [-0.25, -0.2) is 9.78 Å². The Morgan fingerprint density at radius 2 is 1.96 bits per heavy atom. The Kier molecular flexibility index (Phi) is 7.19. The van der Waals surface area contributed by atoms with E-state index in [4.69, 9.17) is 0 Å². The van der Waals surface area contributed by atoms with E-state index in [-0.39, 0.29) is 46.4 Å². The van der Waals surface area contributed by atoms with Crippen LogP contribution in [0.1, 0.15) is 25.0 Å². The van der Waals surface area contributed by atoms with Crippen LogP contribution in [0.15, 0.2) is 51.7 Å². The van der Waals surface area contributed by atoms with Gasteiger partial charge in [0, 0.05) is 29.1 Å². The first-order valence-corrected chi connectivity index (χ1v) is 16.3. The molecule has 3 aliphatic heterocycles. The van der Waals surface area contributed by atoms with E-state index in [1.54, 1.807) is 19.1 Å². The topological polar surface area (TPSA) is 199 Å². The summed E-state index contributed by atoms with van der Waals surface area (Å²) in [5.41, 5.74) is 2.91. The number of allylic oxidation sites excluding steroid dienone is 1. The number of fused-ring (bicyclic) bond motifs is 2. The summed E-state index contributed by atoms with van der Waals surface area (Å²) in [6.07, 6.45) is 2.28. The molecule has 2 saturated heterocycles. The number of amides is 3. The molecule has 16 heteroatoms. The largest absolute Gasteiger partial charge is 0.504 e. The van der Waals surface area contributed by atoms with E-state index in [1.807, 2.05) is 0 Å². The van der Waals surface area contributed by atoms with Gasteiger partial charge in [-0.05, 0) is 67.5 Å². The number of hydrogen-bond donors (Lipinski definition) is 5. The molecule has 4 aliphatic rings. The zero-order valence-corrected chi connectivity index (χ0v) is 25.4. The fraction of sp³-hybridized carbons (Fsp3) is 0.345. The standard InChI is InChI=1S/C29H27N7O7S2/c1-12-8-20(36-29(31-12)33-24(34-36)14-4-5-17(37)18(38)9-14)44-11-19(39)32-22-26(41)35-23(28(42)43)16(10-45-27(22)35)21(13-2-3-13)15-6-7-30-25(15)40/h4-5,8-9,13,22,27,37-38H,2-3,6-7,10-11H2,1H3,(H,30,40)(H,32,39)(H,42,43)/t22-,27-/m1/s1. The summed E-state index contributed by atoms with van der Waals surface area (Å²) in [6, 6.07) is 5.08. The molecule has 0 spiro atoms. The number of nitrogens with zero attached hydrogens (tertiary/aromatic N) is 5. The van der Waals surface area contributed by atoms with E-state index in [9.17, 15) is 34.5 Å². The molecule has 5 N–H and O–H groups in total. The molecule has 2 aromatic heterocycles. The van der Waals surface area contributed by atoms with Crippen molar-refractivity contribution in [1.82, 2.24) is 35.1 Å². The molecular weight excluding hydrogens is 622 g/mol. The molecule has 0 bridgehead atoms. The number of carboxylic acid groups (broad SMARTS) is 1. The van der Waals surface area contributed by atoms with Crippen molar-refractivity contribution in [2.24, 2.45) is 5.92 Å². The number of aromatic hydroxyl groups is 2. The van der Waals surface area contributed by atoms with Crippen molar-refractivity contribution in [2.45, 2.75) is 42.6 Å². The second-order valence-corrected chi connectivity index (χ2v) is 13.2. The van der Waals surface area contributed by atoms with Gasteiger partial charge in [-0.1, -0.05) is 11.8 Å². The van der Waals surface area contributed by atoms with Gasteiger partial charge in [-0.15, -0.1) is 16.9 Å². The van der Waals surface area contributed by atoms with Crippen molar-refractivity contribution in [2.75, 3.05) is 18.1 Å². The number of benzene rings is 1. The molecule has 45 heavy (non-hydrogen) atoms. The van der Waals surface area contributed by atoms with Crippen molar-refractivity contribution in [1.29, 1.82) is 0 Å². The van der Waals surface area contributed by atoms with E-state index >= 15 is 0 Å². The number of nitrogens with one attached hydrogen (secondary N) is 2. The number of rotatable bonds is 8. The first kappa shape index (κ1) is 29.2. The molecular formula is C29H27N7O7S2. The number of carbonyl (C=O) groups excluding carboxylic acids is 3. The predicted molar refractivity (Wildman–Crippen MR) is 162 cm³/mol. The quantitative estimate of drug-likeness (QED) is 0.0777. The monoisotopic (exact) mass is 649 g/mol. The molecule has 3 fully saturated rings. The summed E-state index contributed by atoms with van der Waals surface area (Å²) in [6.45, 7) is 2.29. The van der Waals surface area contributed by atoms with Crippen LogP contribution < -0.4 is 10.6 Å². The van der Waals surface area contributed by atoms with Crippen molar-refractivity contribution in [3.8, 4) is 22.9 Å². The summed E-state index contributed by atoms with van der Waals surface area (Å²) < 4.78 is 1.47. The number of carboxylic acids is 1. The van der Waals surface area contributed by atoms with Crippen LogP contribution in [0.4, 0.5) is 0 Å². The number of phenols is 2. The van der Waals surface area contributed by atoms with Gasteiger partial charge in [0.15, 0.2) is 17.3 Å². The average molecular weight is 650 g/mol. The number of hydrogen-bond acceptors (Lipinski definition) is 11. The molecule has 1 saturated carbocycles. The molecule has 1 aromatic carbocycles. The van der Waals surface area contributed by atoms with Gasteiger partial charge in [0.2, 0.25) is 11.8 Å². The zero-order valence-electron chi connectivity index (χ0n) is 23.8.